The third-order valence-corrected chi connectivity index (χ3v) is 4.65. The van der Waals surface area contributed by atoms with Gasteiger partial charge in [0, 0.05) is 18.0 Å². The fraction of sp³-hybridized carbons (Fsp3) is 0.562. The number of hydrogen-bond donors (Lipinski definition) is 0. The van der Waals surface area contributed by atoms with Gasteiger partial charge in [-0.25, -0.2) is 0 Å². The lowest BCUT2D eigenvalue weighted by Crippen LogP contribution is -2.33. The lowest BCUT2D eigenvalue weighted by Gasteiger charge is -2.20. The van der Waals surface area contributed by atoms with Crippen LogP contribution in [0.2, 0.25) is 0 Å². The second-order valence-corrected chi connectivity index (χ2v) is 6.15. The van der Waals surface area contributed by atoms with Gasteiger partial charge in [-0.2, -0.15) is 0 Å². The molecule has 0 atom stereocenters. The molecule has 0 radical (unpaired) electrons. The van der Waals surface area contributed by atoms with Crippen LogP contribution in [0.25, 0.3) is 0 Å². The summed E-state index contributed by atoms with van der Waals surface area (Å²) in [6.07, 6.45) is 4.75. The molecule has 1 fully saturated rings. The van der Waals surface area contributed by atoms with E-state index < -0.39 is 0 Å². The largest absolute Gasteiger partial charge is 0.493 e. The van der Waals surface area contributed by atoms with Crippen LogP contribution in [0.3, 0.4) is 0 Å². The molecule has 4 nitrogen and oxygen atoms in total. The summed E-state index contributed by atoms with van der Waals surface area (Å²) in [5.74, 6) is 2.12. The van der Waals surface area contributed by atoms with E-state index in [1.54, 1.807) is 26.0 Å². The van der Waals surface area contributed by atoms with Gasteiger partial charge >= 0.3 is 0 Å². The van der Waals surface area contributed by atoms with E-state index in [-0.39, 0.29) is 5.91 Å². The van der Waals surface area contributed by atoms with Crippen molar-refractivity contribution < 1.29 is 14.3 Å². The van der Waals surface area contributed by atoms with E-state index in [0.29, 0.717) is 17.3 Å². The Hall–Kier alpha value is -1.36. The molecule has 0 bridgehead atoms. The molecular formula is C16H23NO3S. The first kappa shape index (κ1) is 16.0. The van der Waals surface area contributed by atoms with Gasteiger partial charge in [0.05, 0.1) is 20.0 Å². The fourth-order valence-electron chi connectivity index (χ4n) is 2.46. The van der Waals surface area contributed by atoms with Gasteiger partial charge in [-0.05, 0) is 31.0 Å². The average Bonchev–Trinajstić information content (AvgIpc) is 2.81. The lowest BCUT2D eigenvalue weighted by molar-refractivity contribution is -0.128. The number of nitrogens with zero attached hydrogens (tertiary/aromatic N) is 1. The highest BCUT2D eigenvalue weighted by molar-refractivity contribution is 8.00. The van der Waals surface area contributed by atoms with Gasteiger partial charge in [-0.15, -0.1) is 11.8 Å². The Morgan fingerprint density at radius 1 is 1.10 bits per heavy atom. The smallest absolute Gasteiger partial charge is 0.232 e. The molecule has 1 amide bonds. The van der Waals surface area contributed by atoms with Gasteiger partial charge in [-0.3, -0.25) is 4.79 Å². The van der Waals surface area contributed by atoms with Gasteiger partial charge < -0.3 is 14.4 Å². The number of carbonyl (C=O) groups excluding carboxylic acids is 1. The molecule has 1 heterocycles. The molecule has 0 N–H and O–H groups in total. The molecule has 21 heavy (non-hydrogen) atoms. The molecule has 0 spiro atoms. The van der Waals surface area contributed by atoms with Crippen LogP contribution in [0.15, 0.2) is 23.1 Å². The van der Waals surface area contributed by atoms with E-state index in [1.165, 1.54) is 12.8 Å². The zero-order valence-electron chi connectivity index (χ0n) is 12.8. The Morgan fingerprint density at radius 3 is 2.38 bits per heavy atom. The van der Waals surface area contributed by atoms with Crippen LogP contribution in [0, 0.1) is 0 Å². The first-order valence-corrected chi connectivity index (χ1v) is 8.35. The number of thioether (sulfide) groups is 1. The highest BCUT2D eigenvalue weighted by Crippen LogP contribution is 2.32. The van der Waals surface area contributed by atoms with Crippen LogP contribution >= 0.6 is 11.8 Å². The molecule has 1 aromatic carbocycles. The Morgan fingerprint density at radius 2 is 1.76 bits per heavy atom. The van der Waals surface area contributed by atoms with Crippen LogP contribution < -0.4 is 9.47 Å². The molecular weight excluding hydrogens is 286 g/mol. The Labute approximate surface area is 130 Å². The summed E-state index contributed by atoms with van der Waals surface area (Å²) in [6.45, 7) is 1.82. The number of rotatable bonds is 5. The van der Waals surface area contributed by atoms with E-state index >= 15 is 0 Å². The summed E-state index contributed by atoms with van der Waals surface area (Å²) in [4.78, 5) is 15.3. The predicted octanol–water partition coefficient (Wildman–Crippen LogP) is 3.20. The van der Waals surface area contributed by atoms with Crippen molar-refractivity contribution in [2.45, 2.75) is 30.6 Å². The molecule has 1 aliphatic rings. The minimum atomic E-state index is 0.233. The van der Waals surface area contributed by atoms with Crippen LogP contribution in [-0.4, -0.2) is 43.9 Å². The van der Waals surface area contributed by atoms with Gasteiger partial charge in [0.2, 0.25) is 5.91 Å². The maximum atomic E-state index is 12.3. The molecule has 0 saturated carbocycles. The average molecular weight is 309 g/mol. The summed E-state index contributed by atoms with van der Waals surface area (Å²) < 4.78 is 10.5. The number of hydrogen-bond acceptors (Lipinski definition) is 4. The number of methoxy groups -OCH3 is 2. The minimum Gasteiger partial charge on any atom is -0.493 e. The van der Waals surface area contributed by atoms with Gasteiger partial charge in [-0.1, -0.05) is 12.8 Å². The van der Waals surface area contributed by atoms with E-state index in [1.807, 2.05) is 23.1 Å². The highest BCUT2D eigenvalue weighted by Gasteiger charge is 2.15. The third-order valence-electron chi connectivity index (χ3n) is 3.68. The monoisotopic (exact) mass is 309 g/mol. The van der Waals surface area contributed by atoms with E-state index in [4.69, 9.17) is 9.47 Å². The number of carbonyl (C=O) groups is 1. The number of benzene rings is 1. The maximum absolute atomic E-state index is 12.3. The summed E-state index contributed by atoms with van der Waals surface area (Å²) in [5.41, 5.74) is 0. The quantitative estimate of drug-likeness (QED) is 0.783. The van der Waals surface area contributed by atoms with Crippen LogP contribution in [0.4, 0.5) is 0 Å². The Bertz CT molecular complexity index is 471. The first-order chi connectivity index (χ1) is 10.2. The first-order valence-electron chi connectivity index (χ1n) is 7.37. The summed E-state index contributed by atoms with van der Waals surface area (Å²) in [6, 6.07) is 5.75. The van der Waals surface area contributed by atoms with E-state index in [0.717, 1.165) is 30.8 Å². The van der Waals surface area contributed by atoms with Crippen molar-refractivity contribution in [3.05, 3.63) is 18.2 Å². The molecule has 0 unspecified atom stereocenters. The second kappa shape index (κ2) is 8.17. The zero-order valence-corrected chi connectivity index (χ0v) is 13.6. The van der Waals surface area contributed by atoms with Gasteiger partial charge in [0.25, 0.3) is 0 Å². The van der Waals surface area contributed by atoms with Gasteiger partial charge in [0.1, 0.15) is 0 Å². The van der Waals surface area contributed by atoms with E-state index in [2.05, 4.69) is 0 Å². The number of likely N-dealkylation sites (tertiary alicyclic amines) is 1. The van der Waals surface area contributed by atoms with E-state index in [9.17, 15) is 4.79 Å². The topological polar surface area (TPSA) is 38.8 Å². The zero-order chi connectivity index (χ0) is 15.1. The van der Waals surface area contributed by atoms with Crippen molar-refractivity contribution in [3.63, 3.8) is 0 Å². The van der Waals surface area contributed by atoms with Crippen molar-refractivity contribution in [1.29, 1.82) is 0 Å². The third kappa shape index (κ3) is 4.56. The summed E-state index contributed by atoms with van der Waals surface area (Å²) in [5, 5.41) is 0. The molecule has 1 aliphatic heterocycles. The standard InChI is InChI=1S/C16H23NO3S/c1-19-14-8-7-13(11-15(14)20-2)21-12-16(18)17-9-5-3-4-6-10-17/h7-8,11H,3-6,9-10,12H2,1-2H3. The SMILES string of the molecule is COc1ccc(SCC(=O)N2CCCCCC2)cc1OC. The Kier molecular flexibility index (Phi) is 6.23. The van der Waals surface area contributed by atoms with Crippen LogP contribution in [0.5, 0.6) is 11.5 Å². The fourth-order valence-corrected chi connectivity index (χ4v) is 3.29. The lowest BCUT2D eigenvalue weighted by atomic mass is 10.2. The van der Waals surface area contributed by atoms with Crippen molar-refractivity contribution in [1.82, 2.24) is 4.90 Å². The Balaban J connectivity index is 1.91. The molecule has 1 saturated heterocycles. The summed E-state index contributed by atoms with van der Waals surface area (Å²) >= 11 is 1.55. The number of amides is 1. The highest BCUT2D eigenvalue weighted by atomic mass is 32.2. The summed E-state index contributed by atoms with van der Waals surface area (Å²) in [7, 11) is 3.24. The molecule has 0 aliphatic carbocycles. The van der Waals surface area contributed by atoms with Crippen LogP contribution in [0.1, 0.15) is 25.7 Å². The van der Waals surface area contributed by atoms with Crippen molar-refractivity contribution in [2.24, 2.45) is 0 Å². The molecule has 2 rings (SSSR count). The maximum Gasteiger partial charge on any atom is 0.232 e. The van der Waals surface area contributed by atoms with Gasteiger partial charge in [0.15, 0.2) is 11.5 Å². The second-order valence-electron chi connectivity index (χ2n) is 5.10. The molecule has 1 aromatic rings. The molecule has 0 aromatic heterocycles. The predicted molar refractivity (Wildman–Crippen MR) is 85.3 cm³/mol. The normalized spacial score (nSPS) is 15.4. The molecule has 116 valence electrons. The van der Waals surface area contributed by atoms with Crippen LogP contribution in [-0.2, 0) is 4.79 Å². The minimum absolute atomic E-state index is 0.233. The molecule has 5 heteroatoms. The van der Waals surface area contributed by atoms with Crippen molar-refractivity contribution >= 4 is 17.7 Å². The van der Waals surface area contributed by atoms with Crippen molar-refractivity contribution in [3.8, 4) is 11.5 Å². The number of ether oxygens (including phenoxy) is 2. The van der Waals surface area contributed by atoms with Crippen molar-refractivity contribution in [2.75, 3.05) is 33.1 Å².